The maximum Gasteiger partial charge on any atom is 0.303 e. The maximum atomic E-state index is 13.1. The molecular weight excluding hydrogens is 460 g/mol. The van der Waals surface area contributed by atoms with Crippen LogP contribution in [0.1, 0.15) is 42.2 Å². The summed E-state index contributed by atoms with van der Waals surface area (Å²) in [6, 6.07) is 23.6. The summed E-state index contributed by atoms with van der Waals surface area (Å²) in [6.45, 7) is 0. The summed E-state index contributed by atoms with van der Waals surface area (Å²) in [5.74, 6) is -1.07. The minimum atomic E-state index is -0.904. The van der Waals surface area contributed by atoms with Gasteiger partial charge in [-0.3, -0.25) is 9.59 Å². The second-order valence-electron chi connectivity index (χ2n) is 8.31. The number of amides is 1. The number of aromatic nitrogens is 2. The molecule has 35 heavy (non-hydrogen) atoms. The number of carbonyl (C=O) groups excluding carboxylic acids is 1. The van der Waals surface area contributed by atoms with E-state index in [0.29, 0.717) is 6.42 Å². The predicted molar refractivity (Wildman–Crippen MR) is 136 cm³/mol. The number of carbonyl (C=O) groups is 2. The lowest BCUT2D eigenvalue weighted by molar-refractivity contribution is -0.137. The number of carboxylic acid groups (broad SMARTS) is 1. The van der Waals surface area contributed by atoms with E-state index in [2.05, 4.69) is 0 Å². The second-order valence-corrected chi connectivity index (χ2v) is 9.28. The molecule has 2 aromatic carbocycles. The van der Waals surface area contributed by atoms with Gasteiger partial charge in [0.25, 0.3) is 0 Å². The zero-order chi connectivity index (χ0) is 24.2. The Morgan fingerprint density at radius 3 is 2.40 bits per heavy atom. The van der Waals surface area contributed by atoms with Crippen LogP contribution in [-0.2, 0) is 9.59 Å². The van der Waals surface area contributed by atoms with Crippen molar-refractivity contribution < 1.29 is 14.7 Å². The van der Waals surface area contributed by atoms with Gasteiger partial charge >= 0.3 is 5.97 Å². The molecule has 0 spiro atoms. The van der Waals surface area contributed by atoms with E-state index in [0.717, 1.165) is 33.1 Å². The van der Waals surface area contributed by atoms with Crippen LogP contribution in [0.15, 0.2) is 89.5 Å². The van der Waals surface area contributed by atoms with E-state index in [4.69, 9.17) is 15.3 Å². The van der Waals surface area contributed by atoms with Gasteiger partial charge in [-0.15, -0.1) is 11.3 Å². The third-order valence-electron chi connectivity index (χ3n) is 5.91. The van der Waals surface area contributed by atoms with E-state index in [-0.39, 0.29) is 31.2 Å². The maximum absolute atomic E-state index is 13.1. The number of thiophene rings is 1. The summed E-state index contributed by atoms with van der Waals surface area (Å²) in [5.41, 5.74) is 4.38. The van der Waals surface area contributed by atoms with Gasteiger partial charge in [0.2, 0.25) is 5.91 Å². The van der Waals surface area contributed by atoms with Gasteiger partial charge in [0, 0.05) is 41.5 Å². The number of carboxylic acids is 1. The van der Waals surface area contributed by atoms with Crippen LogP contribution in [0, 0.1) is 0 Å². The molecule has 0 radical (unpaired) electrons. The zero-order valence-electron chi connectivity index (χ0n) is 18.9. The van der Waals surface area contributed by atoms with E-state index in [1.54, 1.807) is 11.3 Å². The molecule has 0 bridgehead atoms. The highest BCUT2D eigenvalue weighted by Gasteiger charge is 2.35. The highest BCUT2D eigenvalue weighted by atomic mass is 32.1. The van der Waals surface area contributed by atoms with Gasteiger partial charge in [-0.05, 0) is 30.0 Å². The van der Waals surface area contributed by atoms with Crippen LogP contribution in [0.4, 0.5) is 0 Å². The van der Waals surface area contributed by atoms with Gasteiger partial charge in [0.1, 0.15) is 5.69 Å². The summed E-state index contributed by atoms with van der Waals surface area (Å²) < 4.78 is 1.84. The number of aliphatic carboxylic acids is 1. The molecule has 1 atom stereocenters. The third kappa shape index (κ3) is 4.93. The van der Waals surface area contributed by atoms with Crippen LogP contribution in [-0.4, -0.2) is 37.5 Å². The molecule has 3 heterocycles. The molecule has 1 amide bonds. The highest BCUT2D eigenvalue weighted by molar-refractivity contribution is 7.10. The van der Waals surface area contributed by atoms with Crippen LogP contribution >= 0.6 is 11.3 Å². The molecule has 4 aromatic rings. The first-order valence-corrected chi connectivity index (χ1v) is 12.3. The number of hydrazone groups is 1. The van der Waals surface area contributed by atoms with Crippen molar-refractivity contribution in [3.8, 4) is 16.9 Å². The lowest BCUT2D eigenvalue weighted by Gasteiger charge is -2.20. The van der Waals surface area contributed by atoms with E-state index >= 15 is 0 Å². The number of rotatable bonds is 8. The van der Waals surface area contributed by atoms with Crippen LogP contribution in [0.5, 0.6) is 0 Å². The molecule has 0 saturated carbocycles. The van der Waals surface area contributed by atoms with Crippen molar-refractivity contribution >= 4 is 28.9 Å². The van der Waals surface area contributed by atoms with Crippen molar-refractivity contribution in [1.29, 1.82) is 0 Å². The first kappa shape index (κ1) is 22.7. The molecular formula is C27H24N4O3S. The van der Waals surface area contributed by atoms with Crippen LogP contribution in [0.2, 0.25) is 0 Å². The Balaban J connectivity index is 1.54. The van der Waals surface area contributed by atoms with E-state index in [1.807, 2.05) is 89.1 Å². The van der Waals surface area contributed by atoms with E-state index in [1.165, 1.54) is 5.01 Å². The Kier molecular flexibility index (Phi) is 6.54. The van der Waals surface area contributed by atoms with Crippen LogP contribution in [0.3, 0.4) is 0 Å². The molecule has 0 fully saturated rings. The Bertz CT molecular complexity index is 1350. The molecule has 7 nitrogen and oxygen atoms in total. The fourth-order valence-electron chi connectivity index (χ4n) is 4.22. The van der Waals surface area contributed by atoms with Crippen molar-refractivity contribution in [2.24, 2.45) is 5.10 Å². The molecule has 0 aliphatic carbocycles. The Morgan fingerprint density at radius 2 is 1.71 bits per heavy atom. The van der Waals surface area contributed by atoms with Crippen LogP contribution in [0.25, 0.3) is 16.9 Å². The monoisotopic (exact) mass is 484 g/mol. The van der Waals surface area contributed by atoms with E-state index in [9.17, 15) is 9.59 Å². The number of para-hydroxylation sites is 1. The van der Waals surface area contributed by atoms with Crippen LogP contribution < -0.4 is 0 Å². The van der Waals surface area contributed by atoms with E-state index < -0.39 is 5.97 Å². The summed E-state index contributed by atoms with van der Waals surface area (Å²) in [4.78, 5) is 25.1. The largest absolute Gasteiger partial charge is 0.481 e. The van der Waals surface area contributed by atoms with Gasteiger partial charge in [-0.25, -0.2) is 9.69 Å². The van der Waals surface area contributed by atoms with Crippen molar-refractivity contribution in [3.63, 3.8) is 0 Å². The SMILES string of the molecule is O=C(O)CCCC(=O)N1N=C(c2cn(-c3ccccc3)nc2-c2ccccc2)CC1c1cccs1. The molecule has 5 rings (SSSR count). The number of benzene rings is 2. The predicted octanol–water partition coefficient (Wildman–Crippen LogP) is 5.53. The smallest absolute Gasteiger partial charge is 0.303 e. The standard InChI is InChI=1S/C27H24N4O3S/c32-25(14-7-15-26(33)34)31-23(24-13-8-16-35-24)17-22(28-31)21-18-30(20-11-5-2-6-12-20)29-27(21)19-9-3-1-4-10-19/h1-6,8-13,16,18,23H,7,14-15,17H2,(H,33,34). The molecule has 8 heteroatoms. The number of hydrogen-bond acceptors (Lipinski definition) is 5. The molecule has 1 unspecified atom stereocenters. The summed E-state index contributed by atoms with van der Waals surface area (Å²) in [6.07, 6.45) is 2.92. The third-order valence-corrected chi connectivity index (χ3v) is 6.89. The number of nitrogens with zero attached hydrogens (tertiary/aromatic N) is 4. The molecule has 2 aromatic heterocycles. The number of hydrogen-bond donors (Lipinski definition) is 1. The topological polar surface area (TPSA) is 87.8 Å². The minimum absolute atomic E-state index is 0.0399. The van der Waals surface area contributed by atoms with Crippen molar-refractivity contribution in [1.82, 2.24) is 14.8 Å². The zero-order valence-corrected chi connectivity index (χ0v) is 19.8. The molecule has 0 saturated heterocycles. The fraction of sp³-hybridized carbons (Fsp3) is 0.185. The highest BCUT2D eigenvalue weighted by Crippen LogP contribution is 2.37. The van der Waals surface area contributed by atoms with Gasteiger partial charge in [-0.2, -0.15) is 10.2 Å². The first-order valence-electron chi connectivity index (χ1n) is 11.5. The molecule has 1 aliphatic rings. The molecule has 1 N–H and O–H groups in total. The lowest BCUT2D eigenvalue weighted by Crippen LogP contribution is -2.26. The summed E-state index contributed by atoms with van der Waals surface area (Å²) >= 11 is 1.59. The summed E-state index contributed by atoms with van der Waals surface area (Å²) in [7, 11) is 0. The average molecular weight is 485 g/mol. The molecule has 176 valence electrons. The normalized spacial score (nSPS) is 15.3. The Morgan fingerprint density at radius 1 is 0.971 bits per heavy atom. The first-order chi connectivity index (χ1) is 17.1. The van der Waals surface area contributed by atoms with Gasteiger partial charge < -0.3 is 5.11 Å². The summed E-state index contributed by atoms with van der Waals surface area (Å²) in [5, 5.41) is 22.2. The average Bonchev–Trinajstić information content (AvgIpc) is 3.64. The molecule has 1 aliphatic heterocycles. The second kappa shape index (κ2) is 10.1. The van der Waals surface area contributed by atoms with Crippen molar-refractivity contribution in [2.45, 2.75) is 31.7 Å². The van der Waals surface area contributed by atoms with Gasteiger partial charge in [0.05, 0.1) is 17.4 Å². The van der Waals surface area contributed by atoms with Gasteiger partial charge in [0.15, 0.2) is 0 Å². The lowest BCUT2D eigenvalue weighted by atomic mass is 10.00. The van der Waals surface area contributed by atoms with Crippen molar-refractivity contribution in [2.75, 3.05) is 0 Å². The van der Waals surface area contributed by atoms with Gasteiger partial charge in [-0.1, -0.05) is 54.6 Å². The Labute approximate surface area is 207 Å². The fourth-order valence-corrected chi connectivity index (χ4v) is 5.03. The minimum Gasteiger partial charge on any atom is -0.481 e. The quantitative estimate of drug-likeness (QED) is 0.356. The van der Waals surface area contributed by atoms with Crippen molar-refractivity contribution in [3.05, 3.63) is 94.8 Å². The Hall–Kier alpha value is -4.04.